The lowest BCUT2D eigenvalue weighted by Gasteiger charge is -2.35. The maximum atomic E-state index is 12.6. The Balaban J connectivity index is 1.47. The summed E-state index contributed by atoms with van der Waals surface area (Å²) in [6.07, 6.45) is 1.26. The Morgan fingerprint density at radius 2 is 2.00 bits per heavy atom. The largest absolute Gasteiger partial charge is 0.381 e. The van der Waals surface area contributed by atoms with E-state index in [1.165, 1.54) is 11.3 Å². The van der Waals surface area contributed by atoms with Gasteiger partial charge in [0.2, 0.25) is 0 Å². The zero-order valence-electron chi connectivity index (χ0n) is 14.8. The molecular formula is C18H19N5O3S. The van der Waals surface area contributed by atoms with E-state index in [0.717, 1.165) is 16.3 Å². The van der Waals surface area contributed by atoms with Crippen molar-refractivity contribution < 1.29 is 14.1 Å². The first-order chi connectivity index (χ1) is 13.1. The second kappa shape index (κ2) is 7.45. The average molecular weight is 385 g/mol. The highest BCUT2D eigenvalue weighted by molar-refractivity contribution is 7.12. The molecule has 0 bridgehead atoms. The van der Waals surface area contributed by atoms with E-state index in [2.05, 4.69) is 26.0 Å². The average Bonchev–Trinajstić information content (AvgIpc) is 3.35. The Kier molecular flexibility index (Phi) is 4.87. The van der Waals surface area contributed by atoms with Crippen LogP contribution in [0.15, 0.2) is 40.4 Å². The predicted molar refractivity (Wildman–Crippen MR) is 100 cm³/mol. The molecule has 27 heavy (non-hydrogen) atoms. The van der Waals surface area contributed by atoms with Crippen LogP contribution in [0.4, 0.5) is 10.5 Å². The van der Waals surface area contributed by atoms with E-state index in [4.69, 9.17) is 9.26 Å². The van der Waals surface area contributed by atoms with Gasteiger partial charge in [-0.25, -0.2) is 4.79 Å². The third kappa shape index (κ3) is 3.83. The van der Waals surface area contributed by atoms with E-state index < -0.39 is 5.54 Å². The van der Waals surface area contributed by atoms with Crippen molar-refractivity contribution in [3.05, 3.63) is 47.3 Å². The third-order valence-electron chi connectivity index (χ3n) is 4.55. The first-order valence-corrected chi connectivity index (χ1v) is 9.50. The fourth-order valence-corrected chi connectivity index (χ4v) is 3.68. The van der Waals surface area contributed by atoms with Crippen molar-refractivity contribution in [3.63, 3.8) is 0 Å². The Morgan fingerprint density at radius 3 is 2.63 bits per heavy atom. The molecule has 9 heteroatoms. The number of hydrogen-bond acceptors (Lipinski definition) is 7. The standard InChI is InChI=1S/C18H19N5O3S/c1-12-10-15(26-23-12)18(6-8-25-9-7-18)21-17(24)20-14-4-2-13(3-5-14)16-22-19-11-27-16/h2-5,10-11H,6-9H2,1H3,(H2,20,21,24). The molecule has 4 rings (SSSR count). The van der Waals surface area contributed by atoms with Gasteiger partial charge in [0.25, 0.3) is 0 Å². The lowest BCUT2D eigenvalue weighted by molar-refractivity contribution is 0.0307. The third-order valence-corrected chi connectivity index (χ3v) is 5.29. The highest BCUT2D eigenvalue weighted by Crippen LogP contribution is 2.33. The summed E-state index contributed by atoms with van der Waals surface area (Å²) >= 11 is 1.47. The number of urea groups is 1. The Bertz CT molecular complexity index is 901. The van der Waals surface area contributed by atoms with Crippen LogP contribution in [0.2, 0.25) is 0 Å². The van der Waals surface area contributed by atoms with Crippen molar-refractivity contribution in [2.24, 2.45) is 0 Å². The molecule has 1 fully saturated rings. The minimum Gasteiger partial charge on any atom is -0.381 e. The maximum absolute atomic E-state index is 12.6. The van der Waals surface area contributed by atoms with Gasteiger partial charge >= 0.3 is 6.03 Å². The second-order valence-corrected chi connectivity index (χ2v) is 7.26. The van der Waals surface area contributed by atoms with Gasteiger partial charge in [-0.2, -0.15) is 0 Å². The smallest absolute Gasteiger partial charge is 0.320 e. The Labute approximate surface area is 159 Å². The number of nitrogens with zero attached hydrogens (tertiary/aromatic N) is 3. The summed E-state index contributed by atoms with van der Waals surface area (Å²) in [6.45, 7) is 2.97. The van der Waals surface area contributed by atoms with Gasteiger partial charge in [0.15, 0.2) is 5.76 Å². The first kappa shape index (κ1) is 17.6. The maximum Gasteiger partial charge on any atom is 0.320 e. The second-order valence-electron chi connectivity index (χ2n) is 6.43. The van der Waals surface area contributed by atoms with E-state index in [-0.39, 0.29) is 6.03 Å². The van der Waals surface area contributed by atoms with Crippen LogP contribution >= 0.6 is 11.3 Å². The van der Waals surface area contributed by atoms with Crippen molar-refractivity contribution in [2.45, 2.75) is 25.3 Å². The first-order valence-electron chi connectivity index (χ1n) is 8.62. The fraction of sp³-hybridized carbons (Fsp3) is 0.333. The highest BCUT2D eigenvalue weighted by atomic mass is 32.1. The molecule has 1 aliphatic heterocycles. The predicted octanol–water partition coefficient (Wildman–Crippen LogP) is 3.33. The lowest BCUT2D eigenvalue weighted by atomic mass is 9.87. The van der Waals surface area contributed by atoms with Gasteiger partial charge in [0.05, 0.1) is 5.69 Å². The number of anilines is 1. The molecule has 0 saturated carbocycles. The van der Waals surface area contributed by atoms with Gasteiger partial charge in [-0.15, -0.1) is 10.2 Å². The summed E-state index contributed by atoms with van der Waals surface area (Å²) < 4.78 is 10.9. The molecule has 0 unspecified atom stereocenters. The zero-order valence-corrected chi connectivity index (χ0v) is 15.6. The summed E-state index contributed by atoms with van der Waals surface area (Å²) in [4.78, 5) is 12.6. The van der Waals surface area contributed by atoms with Gasteiger partial charge in [-0.3, -0.25) is 0 Å². The number of nitrogens with one attached hydrogen (secondary N) is 2. The van der Waals surface area contributed by atoms with Crippen LogP contribution in [-0.4, -0.2) is 34.6 Å². The van der Waals surface area contributed by atoms with Gasteiger partial charge in [0, 0.05) is 43.4 Å². The molecule has 0 radical (unpaired) electrons. The number of aryl methyl sites for hydroxylation is 1. The van der Waals surface area contributed by atoms with Crippen LogP contribution in [0.25, 0.3) is 10.6 Å². The lowest BCUT2D eigenvalue weighted by Crippen LogP contribution is -2.50. The van der Waals surface area contributed by atoms with Crippen LogP contribution in [-0.2, 0) is 10.3 Å². The quantitative estimate of drug-likeness (QED) is 0.714. The van der Waals surface area contributed by atoms with Crippen molar-refractivity contribution >= 4 is 23.1 Å². The van der Waals surface area contributed by atoms with Crippen LogP contribution in [0.1, 0.15) is 24.3 Å². The normalized spacial score (nSPS) is 16.0. The summed E-state index contributed by atoms with van der Waals surface area (Å²) in [7, 11) is 0. The molecule has 2 N–H and O–H groups in total. The molecule has 1 saturated heterocycles. The SMILES string of the molecule is Cc1cc(C2(NC(=O)Nc3ccc(-c4nncs4)cc3)CCOCC2)on1. The minimum absolute atomic E-state index is 0.297. The monoisotopic (exact) mass is 385 g/mol. The number of hydrogen-bond donors (Lipinski definition) is 2. The number of carbonyl (C=O) groups is 1. The number of carbonyl (C=O) groups excluding carboxylic acids is 1. The van der Waals surface area contributed by atoms with Crippen LogP contribution in [0.5, 0.6) is 0 Å². The van der Waals surface area contributed by atoms with Crippen LogP contribution < -0.4 is 10.6 Å². The van der Waals surface area contributed by atoms with Gasteiger partial charge < -0.3 is 19.9 Å². The van der Waals surface area contributed by atoms with E-state index >= 15 is 0 Å². The molecule has 1 aromatic carbocycles. The number of benzene rings is 1. The number of aromatic nitrogens is 3. The zero-order chi connectivity index (χ0) is 18.7. The van der Waals surface area contributed by atoms with Gasteiger partial charge in [-0.05, 0) is 31.2 Å². The highest BCUT2D eigenvalue weighted by Gasteiger charge is 2.39. The molecule has 3 heterocycles. The van der Waals surface area contributed by atoms with Crippen molar-refractivity contribution in [3.8, 4) is 10.6 Å². The molecule has 2 aromatic heterocycles. The van der Waals surface area contributed by atoms with Gasteiger partial charge in [-0.1, -0.05) is 16.5 Å². The molecule has 1 aliphatic rings. The summed E-state index contributed by atoms with van der Waals surface area (Å²) in [6, 6.07) is 9.05. The summed E-state index contributed by atoms with van der Waals surface area (Å²) in [5.41, 5.74) is 3.51. The fourth-order valence-electron chi connectivity index (χ4n) is 3.12. The molecule has 0 aliphatic carbocycles. The molecule has 140 valence electrons. The Morgan fingerprint density at radius 1 is 1.22 bits per heavy atom. The molecule has 8 nitrogen and oxygen atoms in total. The van der Waals surface area contributed by atoms with Crippen molar-refractivity contribution in [1.82, 2.24) is 20.7 Å². The topological polar surface area (TPSA) is 102 Å². The van der Waals surface area contributed by atoms with Gasteiger partial charge in [0.1, 0.15) is 16.1 Å². The van der Waals surface area contributed by atoms with E-state index in [9.17, 15) is 4.79 Å². The summed E-state index contributed by atoms with van der Waals surface area (Å²) in [5.74, 6) is 0.657. The summed E-state index contributed by atoms with van der Waals surface area (Å²) in [5, 5.41) is 18.6. The van der Waals surface area contributed by atoms with Crippen LogP contribution in [0.3, 0.4) is 0 Å². The minimum atomic E-state index is -0.615. The van der Waals surface area contributed by atoms with Crippen molar-refractivity contribution in [1.29, 1.82) is 0 Å². The molecular weight excluding hydrogens is 366 g/mol. The number of amides is 2. The molecule has 0 atom stereocenters. The molecule has 3 aromatic rings. The van der Waals surface area contributed by atoms with Crippen molar-refractivity contribution in [2.75, 3.05) is 18.5 Å². The van der Waals surface area contributed by atoms with E-state index in [1.54, 1.807) is 5.51 Å². The molecule has 2 amide bonds. The van der Waals surface area contributed by atoms with E-state index in [0.29, 0.717) is 37.5 Å². The number of ether oxygens (including phenoxy) is 1. The van der Waals surface area contributed by atoms with Crippen LogP contribution in [0, 0.1) is 6.92 Å². The Hall–Kier alpha value is -2.78. The molecule has 0 spiro atoms. The number of rotatable bonds is 4. The van der Waals surface area contributed by atoms with E-state index in [1.807, 2.05) is 37.3 Å².